The minimum absolute atomic E-state index is 0.135. The van der Waals surface area contributed by atoms with Gasteiger partial charge in [0.25, 0.3) is 0 Å². The lowest BCUT2D eigenvalue weighted by atomic mass is 10.6. The molecular formula is C8H10N4O3S. The second-order valence-corrected chi connectivity index (χ2v) is 4.23. The van der Waals surface area contributed by atoms with Gasteiger partial charge in [0.1, 0.15) is 18.2 Å². The van der Waals surface area contributed by atoms with Crippen molar-refractivity contribution >= 4 is 11.3 Å². The van der Waals surface area contributed by atoms with Crippen LogP contribution in [0.4, 0.5) is 0 Å². The quantitative estimate of drug-likeness (QED) is 0.761. The van der Waals surface area contributed by atoms with Crippen LogP contribution in [0.3, 0.4) is 0 Å². The highest BCUT2D eigenvalue weighted by Crippen LogP contribution is 2.01. The minimum Gasteiger partial charge on any atom is -0.377 e. The fourth-order valence-electron chi connectivity index (χ4n) is 1.18. The molecule has 0 radical (unpaired) electrons. The number of methoxy groups -OCH3 is 1. The third-order valence-corrected chi connectivity index (χ3v) is 2.54. The molecule has 0 aliphatic rings. The zero-order chi connectivity index (χ0) is 11.5. The summed E-state index contributed by atoms with van der Waals surface area (Å²) < 4.78 is 11.1. The van der Waals surface area contributed by atoms with E-state index in [-0.39, 0.29) is 18.0 Å². The van der Waals surface area contributed by atoms with Crippen LogP contribution in [0.2, 0.25) is 0 Å². The first-order valence-corrected chi connectivity index (χ1v) is 5.35. The zero-order valence-corrected chi connectivity index (χ0v) is 9.65. The molecular weight excluding hydrogens is 232 g/mol. The van der Waals surface area contributed by atoms with Crippen molar-refractivity contribution in [3.63, 3.8) is 0 Å². The van der Waals surface area contributed by atoms with E-state index in [0.29, 0.717) is 16.7 Å². The Labute approximate surface area is 94.7 Å². The molecule has 0 atom stereocenters. The Balaban J connectivity index is 2.14. The van der Waals surface area contributed by atoms with Crippen LogP contribution in [0.15, 0.2) is 9.32 Å². The van der Waals surface area contributed by atoms with E-state index in [4.69, 9.17) is 9.26 Å². The molecule has 0 saturated carbocycles. The molecule has 2 rings (SSSR count). The largest absolute Gasteiger partial charge is 0.377 e. The molecule has 2 heterocycles. The second-order valence-electron chi connectivity index (χ2n) is 3.08. The van der Waals surface area contributed by atoms with E-state index < -0.39 is 0 Å². The second kappa shape index (κ2) is 4.54. The average Bonchev–Trinajstić information content (AvgIpc) is 2.76. The van der Waals surface area contributed by atoms with Crippen molar-refractivity contribution < 1.29 is 9.26 Å². The lowest BCUT2D eigenvalue weighted by Gasteiger charge is -1.91. The lowest BCUT2D eigenvalue weighted by molar-refractivity contribution is 0.174. The van der Waals surface area contributed by atoms with Gasteiger partial charge in [-0.05, 0) is 6.92 Å². The topological polar surface area (TPSA) is 83.0 Å². The summed E-state index contributed by atoms with van der Waals surface area (Å²) in [6, 6.07) is 0. The number of aryl methyl sites for hydroxylation is 1. The fourth-order valence-corrected chi connectivity index (χ4v) is 1.78. The fraction of sp³-hybridized carbons (Fsp3) is 0.500. The third kappa shape index (κ3) is 2.34. The Hall–Kier alpha value is -1.54. The number of hydrogen-bond acceptors (Lipinski definition) is 7. The number of hydrogen-bond donors (Lipinski definition) is 0. The van der Waals surface area contributed by atoms with Gasteiger partial charge in [0, 0.05) is 7.11 Å². The van der Waals surface area contributed by atoms with E-state index in [1.807, 2.05) is 0 Å². The normalized spacial score (nSPS) is 10.9. The van der Waals surface area contributed by atoms with Crippen LogP contribution in [-0.2, 0) is 17.9 Å². The molecule has 7 nitrogen and oxygen atoms in total. The van der Waals surface area contributed by atoms with E-state index in [1.54, 1.807) is 14.0 Å². The zero-order valence-electron chi connectivity index (χ0n) is 8.84. The molecule has 0 spiro atoms. The first kappa shape index (κ1) is 11.0. The summed E-state index contributed by atoms with van der Waals surface area (Å²) in [5.74, 6) is 0.803. The van der Waals surface area contributed by atoms with E-state index in [2.05, 4.69) is 15.2 Å². The minimum atomic E-state index is -0.135. The maximum absolute atomic E-state index is 11.4. The standard InChI is InChI=1S/C8H10N4O3S/c1-5-10-12(8(13)16-5)3-7-9-6(4-14-2)11-15-7/h3-4H2,1-2H3. The first-order valence-electron chi connectivity index (χ1n) is 4.54. The Morgan fingerprint density at radius 3 is 3.00 bits per heavy atom. The smallest absolute Gasteiger partial charge is 0.325 e. The molecule has 0 amide bonds. The summed E-state index contributed by atoms with van der Waals surface area (Å²) >= 11 is 1.09. The van der Waals surface area contributed by atoms with E-state index in [1.165, 1.54) is 4.68 Å². The molecule has 16 heavy (non-hydrogen) atoms. The average molecular weight is 242 g/mol. The summed E-state index contributed by atoms with van der Waals surface area (Å²) in [7, 11) is 1.55. The predicted octanol–water partition coefficient (Wildman–Crippen LogP) is 0.191. The molecule has 0 unspecified atom stereocenters. The molecule has 2 aromatic rings. The van der Waals surface area contributed by atoms with Crippen molar-refractivity contribution in [3.8, 4) is 0 Å². The van der Waals surface area contributed by atoms with E-state index in [0.717, 1.165) is 11.3 Å². The molecule has 0 aliphatic heterocycles. The van der Waals surface area contributed by atoms with Crippen LogP contribution in [0.5, 0.6) is 0 Å². The first-order chi connectivity index (χ1) is 7.69. The summed E-state index contributed by atoms with van der Waals surface area (Å²) in [4.78, 5) is 15.3. The highest BCUT2D eigenvalue weighted by Gasteiger charge is 2.09. The number of aromatic nitrogens is 4. The van der Waals surface area contributed by atoms with E-state index >= 15 is 0 Å². The summed E-state index contributed by atoms with van der Waals surface area (Å²) in [5.41, 5.74) is 0. The van der Waals surface area contributed by atoms with Crippen LogP contribution in [0.1, 0.15) is 16.7 Å². The van der Waals surface area contributed by atoms with Gasteiger partial charge < -0.3 is 9.26 Å². The monoisotopic (exact) mass is 242 g/mol. The van der Waals surface area contributed by atoms with Crippen molar-refractivity contribution in [1.82, 2.24) is 19.9 Å². The Morgan fingerprint density at radius 2 is 2.38 bits per heavy atom. The van der Waals surface area contributed by atoms with Crippen LogP contribution in [0.25, 0.3) is 0 Å². The van der Waals surface area contributed by atoms with Crippen LogP contribution < -0.4 is 4.87 Å². The van der Waals surface area contributed by atoms with E-state index in [9.17, 15) is 4.79 Å². The molecule has 8 heteroatoms. The molecule has 0 aromatic carbocycles. The number of nitrogens with zero attached hydrogens (tertiary/aromatic N) is 4. The predicted molar refractivity (Wildman–Crippen MR) is 55.2 cm³/mol. The maximum atomic E-state index is 11.4. The summed E-state index contributed by atoms with van der Waals surface area (Å²) in [6.45, 7) is 2.25. The van der Waals surface area contributed by atoms with Gasteiger partial charge in [-0.15, -0.1) is 0 Å². The van der Waals surface area contributed by atoms with Gasteiger partial charge in [0.05, 0.1) is 0 Å². The molecule has 0 aliphatic carbocycles. The maximum Gasteiger partial charge on any atom is 0.325 e. The Bertz CT molecular complexity index is 529. The molecule has 86 valence electrons. The van der Waals surface area contributed by atoms with Gasteiger partial charge in [-0.25, -0.2) is 4.68 Å². The Morgan fingerprint density at radius 1 is 1.56 bits per heavy atom. The van der Waals surface area contributed by atoms with Crippen molar-refractivity contribution in [3.05, 3.63) is 26.4 Å². The molecule has 0 bridgehead atoms. The van der Waals surface area contributed by atoms with Crippen molar-refractivity contribution in [2.75, 3.05) is 7.11 Å². The van der Waals surface area contributed by atoms with Gasteiger partial charge in [0.2, 0.25) is 5.89 Å². The van der Waals surface area contributed by atoms with Gasteiger partial charge in [-0.1, -0.05) is 16.5 Å². The van der Waals surface area contributed by atoms with Crippen LogP contribution >= 0.6 is 11.3 Å². The van der Waals surface area contributed by atoms with Gasteiger partial charge in [-0.3, -0.25) is 4.79 Å². The van der Waals surface area contributed by atoms with Crippen LogP contribution in [0, 0.1) is 6.92 Å². The lowest BCUT2D eigenvalue weighted by Crippen LogP contribution is -2.15. The molecule has 0 N–H and O–H groups in total. The summed E-state index contributed by atoms with van der Waals surface area (Å²) in [5, 5.41) is 8.42. The number of ether oxygens (including phenoxy) is 1. The molecule has 2 aromatic heterocycles. The SMILES string of the molecule is COCc1noc(Cn2nc(C)sc2=O)n1. The summed E-state index contributed by atoms with van der Waals surface area (Å²) in [6.07, 6.45) is 0. The van der Waals surface area contributed by atoms with Crippen molar-refractivity contribution in [2.24, 2.45) is 0 Å². The van der Waals surface area contributed by atoms with Crippen molar-refractivity contribution in [2.45, 2.75) is 20.1 Å². The molecule has 0 saturated heterocycles. The van der Waals surface area contributed by atoms with Gasteiger partial charge in [-0.2, -0.15) is 10.1 Å². The van der Waals surface area contributed by atoms with Gasteiger partial charge >= 0.3 is 4.87 Å². The third-order valence-electron chi connectivity index (χ3n) is 1.78. The van der Waals surface area contributed by atoms with Crippen LogP contribution in [-0.4, -0.2) is 27.0 Å². The highest BCUT2D eigenvalue weighted by atomic mass is 32.1. The highest BCUT2D eigenvalue weighted by molar-refractivity contribution is 7.08. The Kier molecular flexibility index (Phi) is 3.11. The molecule has 0 fully saturated rings. The van der Waals surface area contributed by atoms with Crippen molar-refractivity contribution in [1.29, 1.82) is 0 Å². The number of rotatable bonds is 4. The van der Waals surface area contributed by atoms with Gasteiger partial charge in [0.15, 0.2) is 5.82 Å².